The molecule has 0 radical (unpaired) electrons. The van der Waals surface area contributed by atoms with E-state index in [1.54, 1.807) is 0 Å². The maximum Gasteiger partial charge on any atom is -0.00137 e. The molecule has 0 heteroatoms. The second-order valence-electron chi connectivity index (χ2n) is 20.3. The van der Waals surface area contributed by atoms with Crippen molar-refractivity contribution >= 4 is 118 Å². The second kappa shape index (κ2) is 15.9. The Hall–Kier alpha value is -9.62. The molecule has 0 atom stereocenters. The number of benzene rings is 16. The number of fused-ring (bicyclic) bond motifs is 19. The van der Waals surface area contributed by atoms with Crippen LogP contribution in [0, 0.1) is 0 Å². The zero-order chi connectivity index (χ0) is 48.4. The van der Waals surface area contributed by atoms with Crippen molar-refractivity contribution in [2.45, 2.75) is 0 Å². The van der Waals surface area contributed by atoms with E-state index in [4.69, 9.17) is 0 Å². The number of rotatable bonds is 4. The van der Waals surface area contributed by atoms with E-state index in [0.717, 1.165) is 0 Å². The molecule has 0 fully saturated rings. The second-order valence-corrected chi connectivity index (χ2v) is 20.3. The normalized spacial score (nSPS) is 12.1. The Balaban J connectivity index is 0.838. The van der Waals surface area contributed by atoms with Crippen LogP contribution in [0.25, 0.3) is 163 Å². The third-order valence-corrected chi connectivity index (χ3v) is 16.3. The molecule has 16 aromatic carbocycles. The van der Waals surface area contributed by atoms with Gasteiger partial charge in [-0.05, 0) is 212 Å². The van der Waals surface area contributed by atoms with E-state index in [1.165, 1.54) is 163 Å². The SMILES string of the molecule is c1ccc2c(c1)cc(-c1ccc3cc(-c4ccc5c6ccccc6c6c7cc(-c8ccc9cc(-c%10cc%11ccccc%11c%11ccccc%10%11)ccc9c8)ccc7c7ccccc7c6c5c4)ccc3c1)c1ccccc12. The fourth-order valence-electron chi connectivity index (χ4n) is 12.8. The van der Waals surface area contributed by atoms with Crippen LogP contribution in [-0.2, 0) is 0 Å². The van der Waals surface area contributed by atoms with Crippen LogP contribution in [0.5, 0.6) is 0 Å². The molecule has 340 valence electrons. The lowest BCUT2D eigenvalue weighted by molar-refractivity contribution is 1.67. The highest BCUT2D eigenvalue weighted by Gasteiger charge is 2.19. The van der Waals surface area contributed by atoms with Gasteiger partial charge in [-0.3, -0.25) is 0 Å². The van der Waals surface area contributed by atoms with Crippen LogP contribution in [-0.4, -0.2) is 0 Å². The molecule has 0 saturated heterocycles. The first-order valence-corrected chi connectivity index (χ1v) is 25.8. The number of hydrogen-bond donors (Lipinski definition) is 0. The van der Waals surface area contributed by atoms with E-state index >= 15 is 0 Å². The molecular weight excluding hydrogens is 889 g/mol. The third kappa shape index (κ3) is 6.22. The van der Waals surface area contributed by atoms with Crippen LogP contribution >= 0.6 is 0 Å². The maximum absolute atomic E-state index is 2.46. The third-order valence-electron chi connectivity index (χ3n) is 16.3. The van der Waals surface area contributed by atoms with E-state index in [-0.39, 0.29) is 0 Å². The summed E-state index contributed by atoms with van der Waals surface area (Å²) in [7, 11) is 0. The van der Waals surface area contributed by atoms with Crippen molar-refractivity contribution in [1.29, 1.82) is 0 Å². The number of hydrogen-bond acceptors (Lipinski definition) is 0. The van der Waals surface area contributed by atoms with Gasteiger partial charge in [0.2, 0.25) is 0 Å². The highest BCUT2D eigenvalue weighted by Crippen LogP contribution is 2.47. The largest absolute Gasteiger partial charge is 0.0616 e. The van der Waals surface area contributed by atoms with Gasteiger partial charge in [0, 0.05) is 0 Å². The minimum absolute atomic E-state index is 1.21. The predicted molar refractivity (Wildman–Crippen MR) is 321 cm³/mol. The summed E-state index contributed by atoms with van der Waals surface area (Å²) in [5.74, 6) is 0. The lowest BCUT2D eigenvalue weighted by atomic mass is 9.85. The molecule has 0 heterocycles. The molecule has 16 rings (SSSR count). The Labute approximate surface area is 427 Å². The molecule has 0 unspecified atom stereocenters. The summed E-state index contributed by atoms with van der Waals surface area (Å²) in [6.07, 6.45) is 0. The Morgan fingerprint density at radius 2 is 0.405 bits per heavy atom. The summed E-state index contributed by atoms with van der Waals surface area (Å²) in [5, 5.41) is 28.0. The Kier molecular flexibility index (Phi) is 8.84. The topological polar surface area (TPSA) is 0 Å². The zero-order valence-electron chi connectivity index (χ0n) is 40.4. The van der Waals surface area contributed by atoms with Crippen LogP contribution in [0.3, 0.4) is 0 Å². The summed E-state index contributed by atoms with van der Waals surface area (Å²) in [6.45, 7) is 0. The van der Waals surface area contributed by atoms with E-state index in [9.17, 15) is 0 Å². The summed E-state index contributed by atoms with van der Waals surface area (Å²) in [4.78, 5) is 0. The molecule has 0 aromatic heterocycles. The standard InChI is InChI=1S/C74H44/c1-3-15-57-53(13-1)43-69(63-21-7-5-17-59(57)63)55-31-29-45-37-47(25-27-49(45)39-55)51-33-35-65-61-19-9-12-24-68(61)74-72-42-52(34-36-66(72)62-20-10-11-23-67(62)73(74)71(65)41-51)48-26-28-50-40-56(32-30-46(50)38-48)70-44-54-14-2-4-16-58(54)60-18-6-8-22-64(60)70/h1-44H. The van der Waals surface area contributed by atoms with Crippen LogP contribution in [0.4, 0.5) is 0 Å². The van der Waals surface area contributed by atoms with E-state index in [2.05, 4.69) is 267 Å². The first-order valence-electron chi connectivity index (χ1n) is 25.8. The molecule has 0 nitrogen and oxygen atoms in total. The monoisotopic (exact) mass is 932 g/mol. The molecule has 0 aliphatic heterocycles. The van der Waals surface area contributed by atoms with Crippen molar-refractivity contribution in [1.82, 2.24) is 0 Å². The summed E-state index contributed by atoms with van der Waals surface area (Å²) >= 11 is 0. The summed E-state index contributed by atoms with van der Waals surface area (Å²) in [6, 6.07) is 100. The van der Waals surface area contributed by atoms with E-state index in [1.807, 2.05) is 0 Å². The molecule has 74 heavy (non-hydrogen) atoms. The maximum atomic E-state index is 2.46. The van der Waals surface area contributed by atoms with Gasteiger partial charge >= 0.3 is 0 Å². The van der Waals surface area contributed by atoms with Crippen molar-refractivity contribution in [3.05, 3.63) is 267 Å². The van der Waals surface area contributed by atoms with Crippen molar-refractivity contribution in [3.63, 3.8) is 0 Å². The lowest BCUT2D eigenvalue weighted by Crippen LogP contribution is -1.90. The van der Waals surface area contributed by atoms with Gasteiger partial charge in [0.05, 0.1) is 0 Å². The minimum Gasteiger partial charge on any atom is -0.0616 e. The van der Waals surface area contributed by atoms with Gasteiger partial charge in [-0.1, -0.05) is 218 Å². The van der Waals surface area contributed by atoms with Gasteiger partial charge < -0.3 is 0 Å². The average Bonchev–Trinajstić information content (AvgIpc) is 3.50. The lowest BCUT2D eigenvalue weighted by Gasteiger charge is -2.18. The van der Waals surface area contributed by atoms with Crippen LogP contribution in [0.2, 0.25) is 0 Å². The van der Waals surface area contributed by atoms with E-state index < -0.39 is 0 Å². The van der Waals surface area contributed by atoms with Crippen LogP contribution in [0.1, 0.15) is 0 Å². The minimum atomic E-state index is 1.21. The Morgan fingerprint density at radius 3 is 0.811 bits per heavy atom. The Morgan fingerprint density at radius 1 is 0.135 bits per heavy atom. The smallest absolute Gasteiger partial charge is 0.00137 e. The summed E-state index contributed by atoms with van der Waals surface area (Å²) < 4.78 is 0. The predicted octanol–water partition coefficient (Wildman–Crippen LogP) is 21.0. The van der Waals surface area contributed by atoms with Crippen molar-refractivity contribution in [2.75, 3.05) is 0 Å². The molecule has 0 spiro atoms. The van der Waals surface area contributed by atoms with Crippen molar-refractivity contribution < 1.29 is 0 Å². The molecule has 0 bridgehead atoms. The van der Waals surface area contributed by atoms with Gasteiger partial charge in [-0.2, -0.15) is 0 Å². The van der Waals surface area contributed by atoms with Crippen LogP contribution in [0.15, 0.2) is 267 Å². The van der Waals surface area contributed by atoms with Gasteiger partial charge in [-0.25, -0.2) is 0 Å². The van der Waals surface area contributed by atoms with Gasteiger partial charge in [0.1, 0.15) is 0 Å². The zero-order valence-corrected chi connectivity index (χ0v) is 40.4. The first-order chi connectivity index (χ1) is 36.7. The Bertz CT molecular complexity index is 4750. The molecule has 16 aromatic rings. The molecule has 0 N–H and O–H groups in total. The fourth-order valence-corrected chi connectivity index (χ4v) is 12.8. The van der Waals surface area contributed by atoms with E-state index in [0.29, 0.717) is 0 Å². The molecule has 0 aliphatic carbocycles. The molecule has 0 amide bonds. The molecule has 0 aliphatic rings. The van der Waals surface area contributed by atoms with Crippen molar-refractivity contribution in [3.8, 4) is 44.5 Å². The highest BCUT2D eigenvalue weighted by molar-refractivity contribution is 6.40. The molecule has 0 saturated carbocycles. The van der Waals surface area contributed by atoms with Gasteiger partial charge in [0.15, 0.2) is 0 Å². The highest BCUT2D eigenvalue weighted by atomic mass is 14.2. The average molecular weight is 933 g/mol. The first kappa shape index (κ1) is 41.0. The molecular formula is C74H44. The van der Waals surface area contributed by atoms with Crippen molar-refractivity contribution in [2.24, 2.45) is 0 Å². The fraction of sp³-hybridized carbons (Fsp3) is 0. The summed E-state index contributed by atoms with van der Waals surface area (Å²) in [5.41, 5.74) is 9.86. The van der Waals surface area contributed by atoms with Gasteiger partial charge in [0.25, 0.3) is 0 Å². The van der Waals surface area contributed by atoms with Crippen LogP contribution < -0.4 is 0 Å². The quantitative estimate of drug-likeness (QED) is 0.154. The van der Waals surface area contributed by atoms with Gasteiger partial charge in [-0.15, -0.1) is 0 Å².